The van der Waals surface area contributed by atoms with E-state index in [2.05, 4.69) is 43.4 Å². The highest BCUT2D eigenvalue weighted by atomic mass is 16.5. The van der Waals surface area contributed by atoms with Gasteiger partial charge in [0.1, 0.15) is 0 Å². The third-order valence-electron chi connectivity index (χ3n) is 3.73. The lowest BCUT2D eigenvalue weighted by atomic mass is 9.73. The monoisotopic (exact) mass is 233 g/mol. The number of anilines is 1. The SMILES string of the molecule is COCc1cccc(NC2CC(C(C)C)C2)c1. The lowest BCUT2D eigenvalue weighted by Crippen LogP contribution is -2.37. The first-order valence-electron chi connectivity index (χ1n) is 6.53. The average Bonchev–Trinajstić information content (AvgIpc) is 2.23. The zero-order valence-electron chi connectivity index (χ0n) is 11.1. The van der Waals surface area contributed by atoms with E-state index in [4.69, 9.17) is 4.74 Å². The fourth-order valence-corrected chi connectivity index (χ4v) is 2.48. The molecule has 1 fully saturated rings. The first-order chi connectivity index (χ1) is 8.19. The van der Waals surface area contributed by atoms with Gasteiger partial charge < -0.3 is 10.1 Å². The van der Waals surface area contributed by atoms with Crippen molar-refractivity contribution in [3.8, 4) is 0 Å². The van der Waals surface area contributed by atoms with Crippen LogP contribution in [0.4, 0.5) is 5.69 Å². The minimum Gasteiger partial charge on any atom is -0.382 e. The maximum absolute atomic E-state index is 5.15. The molecule has 1 aliphatic rings. The summed E-state index contributed by atoms with van der Waals surface area (Å²) in [6, 6.07) is 9.19. The van der Waals surface area contributed by atoms with Gasteiger partial charge >= 0.3 is 0 Å². The highest BCUT2D eigenvalue weighted by Gasteiger charge is 2.30. The Balaban J connectivity index is 1.85. The summed E-state index contributed by atoms with van der Waals surface area (Å²) in [5.74, 6) is 1.74. The quantitative estimate of drug-likeness (QED) is 0.837. The Hall–Kier alpha value is -1.02. The molecule has 0 spiro atoms. The molecular weight excluding hydrogens is 210 g/mol. The lowest BCUT2D eigenvalue weighted by Gasteiger charge is -2.39. The Labute approximate surface area is 104 Å². The van der Waals surface area contributed by atoms with Crippen molar-refractivity contribution in [1.29, 1.82) is 0 Å². The Morgan fingerprint density at radius 2 is 2.12 bits per heavy atom. The van der Waals surface area contributed by atoms with E-state index in [0.717, 1.165) is 11.8 Å². The summed E-state index contributed by atoms with van der Waals surface area (Å²) in [6.45, 7) is 5.33. The Morgan fingerprint density at radius 3 is 2.76 bits per heavy atom. The van der Waals surface area contributed by atoms with Gasteiger partial charge in [0, 0.05) is 18.8 Å². The third kappa shape index (κ3) is 3.22. The van der Waals surface area contributed by atoms with Crippen molar-refractivity contribution in [3.63, 3.8) is 0 Å². The molecule has 0 aromatic heterocycles. The molecule has 0 bridgehead atoms. The van der Waals surface area contributed by atoms with Gasteiger partial charge in [-0.2, -0.15) is 0 Å². The molecule has 1 aliphatic carbocycles. The number of hydrogen-bond acceptors (Lipinski definition) is 2. The summed E-state index contributed by atoms with van der Waals surface area (Å²) in [5, 5.41) is 3.61. The molecule has 0 atom stereocenters. The largest absolute Gasteiger partial charge is 0.382 e. The molecule has 0 aliphatic heterocycles. The first kappa shape index (κ1) is 12.4. The van der Waals surface area contributed by atoms with Crippen molar-refractivity contribution < 1.29 is 4.74 Å². The van der Waals surface area contributed by atoms with Crippen LogP contribution in [0.3, 0.4) is 0 Å². The van der Waals surface area contributed by atoms with E-state index >= 15 is 0 Å². The molecule has 0 heterocycles. The summed E-state index contributed by atoms with van der Waals surface area (Å²) in [7, 11) is 1.74. The van der Waals surface area contributed by atoms with Crippen molar-refractivity contribution in [2.45, 2.75) is 39.3 Å². The molecule has 17 heavy (non-hydrogen) atoms. The standard InChI is InChI=1S/C15H23NO/c1-11(2)13-8-15(9-13)16-14-6-4-5-12(7-14)10-17-3/h4-7,11,13,15-16H,8-10H2,1-3H3. The molecule has 0 amide bonds. The van der Waals surface area contributed by atoms with E-state index in [0.29, 0.717) is 12.6 Å². The third-order valence-corrected chi connectivity index (χ3v) is 3.73. The summed E-state index contributed by atoms with van der Waals surface area (Å²) < 4.78 is 5.15. The van der Waals surface area contributed by atoms with Gasteiger partial charge in [0.15, 0.2) is 0 Å². The van der Waals surface area contributed by atoms with Crippen LogP contribution in [0, 0.1) is 11.8 Å². The highest BCUT2D eigenvalue weighted by molar-refractivity contribution is 5.46. The highest BCUT2D eigenvalue weighted by Crippen LogP contribution is 2.35. The first-order valence-corrected chi connectivity index (χ1v) is 6.53. The van der Waals surface area contributed by atoms with Gasteiger partial charge in [-0.05, 0) is 42.4 Å². The molecule has 2 nitrogen and oxygen atoms in total. The van der Waals surface area contributed by atoms with Gasteiger partial charge in [-0.15, -0.1) is 0 Å². The van der Waals surface area contributed by atoms with Gasteiger partial charge in [0.25, 0.3) is 0 Å². The minimum absolute atomic E-state index is 0.667. The van der Waals surface area contributed by atoms with Gasteiger partial charge in [-0.25, -0.2) is 0 Å². The Morgan fingerprint density at radius 1 is 1.35 bits per heavy atom. The van der Waals surface area contributed by atoms with Crippen LogP contribution in [0.2, 0.25) is 0 Å². The maximum Gasteiger partial charge on any atom is 0.0713 e. The number of benzene rings is 1. The second kappa shape index (κ2) is 5.54. The normalized spacial score (nSPS) is 23.5. The second-order valence-electron chi connectivity index (χ2n) is 5.45. The Bertz CT molecular complexity index is 356. The van der Waals surface area contributed by atoms with Gasteiger partial charge in [-0.1, -0.05) is 26.0 Å². The second-order valence-corrected chi connectivity index (χ2v) is 5.45. The van der Waals surface area contributed by atoms with Crippen LogP contribution in [-0.4, -0.2) is 13.2 Å². The van der Waals surface area contributed by atoms with E-state index in [9.17, 15) is 0 Å². The molecule has 0 unspecified atom stereocenters. The molecule has 0 saturated heterocycles. The molecule has 1 saturated carbocycles. The summed E-state index contributed by atoms with van der Waals surface area (Å²) >= 11 is 0. The summed E-state index contributed by atoms with van der Waals surface area (Å²) in [6.07, 6.45) is 2.62. The van der Waals surface area contributed by atoms with E-state index in [-0.39, 0.29) is 0 Å². The molecule has 1 aromatic rings. The van der Waals surface area contributed by atoms with E-state index in [1.54, 1.807) is 7.11 Å². The zero-order chi connectivity index (χ0) is 12.3. The molecule has 2 heteroatoms. The average molecular weight is 233 g/mol. The van der Waals surface area contributed by atoms with Crippen LogP contribution in [0.15, 0.2) is 24.3 Å². The molecule has 1 aromatic carbocycles. The maximum atomic E-state index is 5.15. The van der Waals surface area contributed by atoms with Crippen LogP contribution >= 0.6 is 0 Å². The van der Waals surface area contributed by atoms with E-state index in [1.165, 1.54) is 24.1 Å². The predicted molar refractivity (Wildman–Crippen MR) is 72.1 cm³/mol. The van der Waals surface area contributed by atoms with Crippen molar-refractivity contribution in [2.24, 2.45) is 11.8 Å². The molecular formula is C15H23NO. The van der Waals surface area contributed by atoms with Crippen LogP contribution in [-0.2, 0) is 11.3 Å². The molecule has 2 rings (SSSR count). The van der Waals surface area contributed by atoms with E-state index < -0.39 is 0 Å². The Kier molecular flexibility index (Phi) is 4.06. The van der Waals surface area contributed by atoms with Gasteiger partial charge in [-0.3, -0.25) is 0 Å². The smallest absolute Gasteiger partial charge is 0.0713 e. The number of methoxy groups -OCH3 is 1. The topological polar surface area (TPSA) is 21.3 Å². The molecule has 1 N–H and O–H groups in total. The minimum atomic E-state index is 0.667. The van der Waals surface area contributed by atoms with Crippen LogP contribution in [0.1, 0.15) is 32.3 Å². The summed E-state index contributed by atoms with van der Waals surface area (Å²) in [4.78, 5) is 0. The van der Waals surface area contributed by atoms with Crippen LogP contribution in [0.5, 0.6) is 0 Å². The van der Waals surface area contributed by atoms with Gasteiger partial charge in [0.2, 0.25) is 0 Å². The number of ether oxygens (including phenoxy) is 1. The van der Waals surface area contributed by atoms with E-state index in [1.807, 2.05) is 0 Å². The number of nitrogens with one attached hydrogen (secondary N) is 1. The summed E-state index contributed by atoms with van der Waals surface area (Å²) in [5.41, 5.74) is 2.46. The van der Waals surface area contributed by atoms with Gasteiger partial charge in [0.05, 0.1) is 6.61 Å². The number of rotatable bonds is 5. The lowest BCUT2D eigenvalue weighted by molar-refractivity contribution is 0.185. The predicted octanol–water partition coefficient (Wildman–Crippen LogP) is 3.68. The fourth-order valence-electron chi connectivity index (χ4n) is 2.48. The fraction of sp³-hybridized carbons (Fsp3) is 0.600. The molecule has 94 valence electrons. The van der Waals surface area contributed by atoms with Crippen molar-refractivity contribution in [3.05, 3.63) is 29.8 Å². The zero-order valence-corrected chi connectivity index (χ0v) is 11.1. The van der Waals surface area contributed by atoms with Crippen LogP contribution in [0.25, 0.3) is 0 Å². The number of hydrogen-bond donors (Lipinski definition) is 1. The van der Waals surface area contributed by atoms with Crippen LogP contribution < -0.4 is 5.32 Å². The van der Waals surface area contributed by atoms with Crippen molar-refractivity contribution >= 4 is 5.69 Å². The molecule has 0 radical (unpaired) electrons. The van der Waals surface area contributed by atoms with Crippen molar-refractivity contribution in [1.82, 2.24) is 0 Å². The van der Waals surface area contributed by atoms with Crippen molar-refractivity contribution in [2.75, 3.05) is 12.4 Å².